The van der Waals surface area contributed by atoms with Gasteiger partial charge < -0.3 is 40.3 Å². The van der Waals surface area contributed by atoms with Gasteiger partial charge in [0.1, 0.15) is 24.4 Å². The predicted octanol–water partition coefficient (Wildman–Crippen LogP) is 9.11. The smallest absolute Gasteiger partial charge is 0.220 e. The number of carbonyl (C=O) groups excluding carboxylic acids is 1. The minimum atomic E-state index is -1.57. The van der Waals surface area contributed by atoms with Crippen LogP contribution in [-0.4, -0.2) is 87.5 Å². The third-order valence-corrected chi connectivity index (χ3v) is 10.8. The first-order valence-electron chi connectivity index (χ1n) is 22.6. The summed E-state index contributed by atoms with van der Waals surface area (Å²) in [6.07, 6.45) is 35.8. The molecule has 318 valence electrons. The van der Waals surface area contributed by atoms with E-state index in [1.165, 1.54) is 128 Å². The quantitative estimate of drug-likeness (QED) is 0.0271. The second-order valence-corrected chi connectivity index (χ2v) is 15.8. The normalized spacial score (nSPS) is 21.6. The number of aliphatic hydroxyl groups excluding tert-OH is 5. The van der Waals surface area contributed by atoms with E-state index in [1.807, 2.05) is 6.08 Å². The van der Waals surface area contributed by atoms with Gasteiger partial charge in [-0.2, -0.15) is 0 Å². The van der Waals surface area contributed by atoms with E-state index >= 15 is 0 Å². The fourth-order valence-corrected chi connectivity index (χ4v) is 7.11. The van der Waals surface area contributed by atoms with Crippen molar-refractivity contribution in [3.63, 3.8) is 0 Å². The number of nitrogens with one attached hydrogen (secondary N) is 1. The van der Waals surface area contributed by atoms with Crippen LogP contribution in [0.25, 0.3) is 0 Å². The van der Waals surface area contributed by atoms with E-state index in [2.05, 4.69) is 31.3 Å². The van der Waals surface area contributed by atoms with Gasteiger partial charge in [0.05, 0.1) is 25.4 Å². The van der Waals surface area contributed by atoms with Gasteiger partial charge in [-0.05, 0) is 32.1 Å². The van der Waals surface area contributed by atoms with Crippen molar-refractivity contribution in [2.75, 3.05) is 13.2 Å². The third kappa shape index (κ3) is 26.5. The van der Waals surface area contributed by atoms with Gasteiger partial charge >= 0.3 is 0 Å². The topological polar surface area (TPSA) is 149 Å². The molecular weight excluding hydrogens is 682 g/mol. The molecule has 1 aliphatic rings. The number of rotatable bonds is 37. The molecule has 0 aromatic rings. The molecule has 1 saturated heterocycles. The highest BCUT2D eigenvalue weighted by Gasteiger charge is 2.44. The fraction of sp³-hybridized carbons (Fsp3) is 0.889. The van der Waals surface area contributed by atoms with Crippen LogP contribution in [0.5, 0.6) is 0 Å². The summed E-state index contributed by atoms with van der Waals surface area (Å²) in [6.45, 7) is 3.66. The summed E-state index contributed by atoms with van der Waals surface area (Å²) in [5.74, 6) is -0.200. The van der Waals surface area contributed by atoms with E-state index < -0.39 is 49.5 Å². The lowest BCUT2D eigenvalue weighted by molar-refractivity contribution is -0.302. The summed E-state index contributed by atoms with van der Waals surface area (Å²) in [7, 11) is 0. The summed E-state index contributed by atoms with van der Waals surface area (Å²) < 4.78 is 11.1. The zero-order chi connectivity index (χ0) is 39.5. The Morgan fingerprint density at radius 2 is 1.06 bits per heavy atom. The van der Waals surface area contributed by atoms with E-state index in [0.717, 1.165) is 51.4 Å². The van der Waals surface area contributed by atoms with Crippen LogP contribution in [-0.2, 0) is 14.3 Å². The van der Waals surface area contributed by atoms with Crippen molar-refractivity contribution in [2.45, 2.75) is 243 Å². The zero-order valence-corrected chi connectivity index (χ0v) is 34.7. The van der Waals surface area contributed by atoms with Gasteiger partial charge in [-0.3, -0.25) is 4.79 Å². The predicted molar refractivity (Wildman–Crippen MR) is 221 cm³/mol. The largest absolute Gasteiger partial charge is 0.394 e. The first-order chi connectivity index (χ1) is 26.3. The molecule has 1 amide bonds. The SMILES string of the molecule is CCCCCCCCCCCCCCCCCCCCCC/C=C/CC/C=C/C(O)C(COC1OC(CO)C(O)C(O)C1O)NC(=O)CCCCCCC. The lowest BCUT2D eigenvalue weighted by atomic mass is 9.99. The van der Waals surface area contributed by atoms with Crippen molar-refractivity contribution in [1.82, 2.24) is 5.32 Å². The number of hydrogen-bond acceptors (Lipinski definition) is 8. The number of carbonyl (C=O) groups is 1. The molecule has 1 rings (SSSR count). The highest BCUT2D eigenvalue weighted by Crippen LogP contribution is 2.22. The molecule has 0 aromatic carbocycles. The molecule has 7 unspecified atom stereocenters. The molecule has 0 bridgehead atoms. The third-order valence-electron chi connectivity index (χ3n) is 10.8. The first kappa shape index (κ1) is 50.7. The molecule has 1 heterocycles. The van der Waals surface area contributed by atoms with Crippen LogP contribution in [0.4, 0.5) is 0 Å². The zero-order valence-electron chi connectivity index (χ0n) is 34.7. The van der Waals surface area contributed by atoms with Gasteiger partial charge in [-0.15, -0.1) is 0 Å². The van der Waals surface area contributed by atoms with Crippen LogP contribution in [0.1, 0.15) is 200 Å². The van der Waals surface area contributed by atoms with E-state index in [0.29, 0.717) is 6.42 Å². The van der Waals surface area contributed by atoms with E-state index in [-0.39, 0.29) is 12.5 Å². The lowest BCUT2D eigenvalue weighted by Crippen LogP contribution is -2.60. The number of allylic oxidation sites excluding steroid dienone is 3. The summed E-state index contributed by atoms with van der Waals surface area (Å²) in [5, 5.41) is 53.7. The standard InChI is InChI=1S/C45H85NO8/c1-3-5-7-9-10-11-12-13-14-15-16-17-18-19-20-21-22-23-24-25-26-27-28-29-31-32-34-39(48)38(46-41(49)35-33-30-8-6-4-2)37-53-45-44(52)43(51)42(50)40(36-47)54-45/h27-28,32,34,38-40,42-45,47-48,50-52H,3-26,29-31,33,35-37H2,1-2H3,(H,46,49)/b28-27+,34-32+. The Kier molecular flexibility index (Phi) is 33.8. The van der Waals surface area contributed by atoms with Gasteiger partial charge in [0, 0.05) is 6.42 Å². The number of ether oxygens (including phenoxy) is 2. The molecule has 1 aliphatic heterocycles. The average molecular weight is 768 g/mol. The minimum Gasteiger partial charge on any atom is -0.394 e. The van der Waals surface area contributed by atoms with Gasteiger partial charge in [-0.1, -0.05) is 186 Å². The number of hydrogen-bond donors (Lipinski definition) is 6. The first-order valence-corrected chi connectivity index (χ1v) is 22.6. The molecule has 0 radical (unpaired) electrons. The van der Waals surface area contributed by atoms with Crippen LogP contribution < -0.4 is 5.32 Å². The highest BCUT2D eigenvalue weighted by atomic mass is 16.7. The Bertz CT molecular complexity index is 899. The van der Waals surface area contributed by atoms with Crippen LogP contribution in [0.2, 0.25) is 0 Å². The Morgan fingerprint density at radius 1 is 0.611 bits per heavy atom. The lowest BCUT2D eigenvalue weighted by Gasteiger charge is -2.40. The maximum atomic E-state index is 12.7. The number of unbranched alkanes of at least 4 members (excludes halogenated alkanes) is 25. The van der Waals surface area contributed by atoms with Gasteiger partial charge in [0.25, 0.3) is 0 Å². The van der Waals surface area contributed by atoms with Crippen LogP contribution in [0, 0.1) is 0 Å². The highest BCUT2D eigenvalue weighted by molar-refractivity contribution is 5.76. The minimum absolute atomic E-state index is 0.199. The van der Waals surface area contributed by atoms with Crippen LogP contribution in [0.3, 0.4) is 0 Å². The maximum Gasteiger partial charge on any atom is 0.220 e. The molecular formula is C45H85NO8. The van der Waals surface area contributed by atoms with Crippen molar-refractivity contribution in [3.8, 4) is 0 Å². The van der Waals surface area contributed by atoms with E-state index in [1.54, 1.807) is 6.08 Å². The molecule has 9 heteroatoms. The van der Waals surface area contributed by atoms with Crippen molar-refractivity contribution in [2.24, 2.45) is 0 Å². The van der Waals surface area contributed by atoms with Gasteiger partial charge in [0.15, 0.2) is 6.29 Å². The van der Waals surface area contributed by atoms with Crippen molar-refractivity contribution < 1.29 is 39.8 Å². The Morgan fingerprint density at radius 3 is 1.56 bits per heavy atom. The summed E-state index contributed by atoms with van der Waals surface area (Å²) in [6, 6.07) is -0.813. The van der Waals surface area contributed by atoms with Crippen LogP contribution in [0.15, 0.2) is 24.3 Å². The monoisotopic (exact) mass is 768 g/mol. The second kappa shape index (κ2) is 36.0. The molecule has 7 atom stereocenters. The maximum absolute atomic E-state index is 12.7. The molecule has 0 aliphatic carbocycles. The molecule has 0 spiro atoms. The van der Waals surface area contributed by atoms with Crippen molar-refractivity contribution in [1.29, 1.82) is 0 Å². The summed E-state index contributed by atoms with van der Waals surface area (Å²) in [4.78, 5) is 12.7. The summed E-state index contributed by atoms with van der Waals surface area (Å²) in [5.41, 5.74) is 0. The average Bonchev–Trinajstić information content (AvgIpc) is 3.17. The molecule has 0 aromatic heterocycles. The molecule has 54 heavy (non-hydrogen) atoms. The molecule has 0 saturated carbocycles. The fourth-order valence-electron chi connectivity index (χ4n) is 7.11. The number of aliphatic hydroxyl groups is 5. The van der Waals surface area contributed by atoms with Crippen LogP contribution >= 0.6 is 0 Å². The number of amides is 1. The van der Waals surface area contributed by atoms with Gasteiger partial charge in [-0.25, -0.2) is 0 Å². The molecule has 6 N–H and O–H groups in total. The second-order valence-electron chi connectivity index (χ2n) is 15.8. The Labute approximate surface area is 330 Å². The molecule has 1 fully saturated rings. The summed E-state index contributed by atoms with van der Waals surface area (Å²) >= 11 is 0. The van der Waals surface area contributed by atoms with Crippen molar-refractivity contribution in [3.05, 3.63) is 24.3 Å². The Hall–Kier alpha value is -1.33. The Balaban J connectivity index is 2.19. The van der Waals surface area contributed by atoms with E-state index in [9.17, 15) is 30.3 Å². The van der Waals surface area contributed by atoms with E-state index in [4.69, 9.17) is 9.47 Å². The molecule has 9 nitrogen and oxygen atoms in total. The van der Waals surface area contributed by atoms with Crippen molar-refractivity contribution >= 4 is 5.91 Å². The van der Waals surface area contributed by atoms with Gasteiger partial charge in [0.2, 0.25) is 5.91 Å².